The number of likely N-dealkylation sites (N-methyl/N-ethyl adjacent to an activating group) is 1. The lowest BCUT2D eigenvalue weighted by molar-refractivity contribution is 0.0394. The van der Waals surface area contributed by atoms with Crippen LogP contribution in [0.25, 0.3) is 0 Å². The van der Waals surface area contributed by atoms with E-state index in [-0.39, 0.29) is 17.2 Å². The number of carbonyl (C=O) groups excluding carboxylic acids is 1. The van der Waals surface area contributed by atoms with Crippen LogP contribution in [0.1, 0.15) is 40.0 Å². The van der Waals surface area contributed by atoms with Crippen LogP contribution in [0.3, 0.4) is 0 Å². The molecule has 0 spiro atoms. The maximum Gasteiger partial charge on any atom is 0.408 e. The zero-order chi connectivity index (χ0) is 13.4. The van der Waals surface area contributed by atoms with Crippen molar-refractivity contribution >= 4 is 6.09 Å². The van der Waals surface area contributed by atoms with Gasteiger partial charge in [-0.1, -0.05) is 0 Å². The molecule has 2 rings (SSSR count). The highest BCUT2D eigenvalue weighted by atomic mass is 16.6. The molecule has 1 aliphatic carbocycles. The van der Waals surface area contributed by atoms with E-state index in [1.807, 2.05) is 27.8 Å². The first-order valence-corrected chi connectivity index (χ1v) is 6.60. The van der Waals surface area contributed by atoms with E-state index in [1.165, 1.54) is 0 Å². The predicted molar refractivity (Wildman–Crippen MR) is 68.6 cm³/mol. The Morgan fingerprint density at radius 2 is 1.89 bits per heavy atom. The van der Waals surface area contributed by atoms with E-state index in [9.17, 15) is 4.79 Å². The molecule has 1 heterocycles. The minimum absolute atomic E-state index is 0.0135. The van der Waals surface area contributed by atoms with Crippen molar-refractivity contribution < 1.29 is 14.3 Å². The van der Waals surface area contributed by atoms with Gasteiger partial charge in [0.25, 0.3) is 0 Å². The molecule has 0 aromatic rings. The fourth-order valence-corrected chi connectivity index (χ4v) is 2.75. The van der Waals surface area contributed by atoms with E-state index in [1.54, 1.807) is 0 Å². The first-order chi connectivity index (χ1) is 8.33. The minimum Gasteiger partial charge on any atom is -0.444 e. The molecule has 5 heteroatoms. The summed E-state index contributed by atoms with van der Waals surface area (Å²) in [5, 5.41) is 6.41. The van der Waals surface area contributed by atoms with Crippen molar-refractivity contribution in [1.29, 1.82) is 0 Å². The lowest BCUT2D eigenvalue weighted by Crippen LogP contribution is -2.63. The average molecular weight is 256 g/mol. The highest BCUT2D eigenvalue weighted by molar-refractivity contribution is 5.69. The first-order valence-electron chi connectivity index (χ1n) is 6.60. The van der Waals surface area contributed by atoms with Crippen LogP contribution in [0.15, 0.2) is 0 Å². The van der Waals surface area contributed by atoms with Gasteiger partial charge >= 0.3 is 6.09 Å². The third kappa shape index (κ3) is 2.47. The second kappa shape index (κ2) is 4.38. The summed E-state index contributed by atoms with van der Waals surface area (Å²) in [5.74, 6) is 0. The quantitative estimate of drug-likeness (QED) is 0.802. The van der Waals surface area contributed by atoms with Gasteiger partial charge in [-0.2, -0.15) is 0 Å². The minimum atomic E-state index is -0.471. The summed E-state index contributed by atoms with van der Waals surface area (Å²) in [5.41, 5.74) is -0.800. The standard InChI is InChI=1S/C13H24N2O3/c1-11(2,3)18-10(16)15-13(7-8-17-9-13)12(14-4)5-6-12/h14H,5-9H2,1-4H3,(H,15,16). The van der Waals surface area contributed by atoms with Crippen molar-refractivity contribution in [3.63, 3.8) is 0 Å². The average Bonchev–Trinajstić information content (AvgIpc) is 2.92. The van der Waals surface area contributed by atoms with E-state index in [4.69, 9.17) is 9.47 Å². The highest BCUT2D eigenvalue weighted by Crippen LogP contribution is 2.48. The van der Waals surface area contributed by atoms with Crippen LogP contribution < -0.4 is 10.6 Å². The number of ether oxygens (including phenoxy) is 2. The Balaban J connectivity index is 2.06. The van der Waals surface area contributed by atoms with Gasteiger partial charge in [0.2, 0.25) is 0 Å². The molecular formula is C13H24N2O3. The Morgan fingerprint density at radius 3 is 2.28 bits per heavy atom. The van der Waals surface area contributed by atoms with E-state index in [2.05, 4.69) is 10.6 Å². The molecule has 0 bridgehead atoms. The molecule has 0 aromatic carbocycles. The lowest BCUT2D eigenvalue weighted by Gasteiger charge is -2.38. The normalized spacial score (nSPS) is 30.0. The summed E-state index contributed by atoms with van der Waals surface area (Å²) in [6, 6.07) is 0. The van der Waals surface area contributed by atoms with Gasteiger partial charge < -0.3 is 20.1 Å². The van der Waals surface area contributed by atoms with Crippen molar-refractivity contribution in [2.75, 3.05) is 20.3 Å². The van der Waals surface area contributed by atoms with Gasteiger partial charge in [-0.15, -0.1) is 0 Å². The molecule has 2 aliphatic rings. The zero-order valence-electron chi connectivity index (χ0n) is 11.8. The molecule has 1 saturated heterocycles. The molecule has 104 valence electrons. The Labute approximate surface area is 109 Å². The van der Waals surface area contributed by atoms with Gasteiger partial charge in [0, 0.05) is 12.1 Å². The Hall–Kier alpha value is -0.810. The third-order valence-electron chi connectivity index (χ3n) is 3.91. The van der Waals surface area contributed by atoms with Crippen molar-refractivity contribution in [3.05, 3.63) is 0 Å². The first kappa shape index (κ1) is 13.6. The number of hydrogen-bond donors (Lipinski definition) is 2. The summed E-state index contributed by atoms with van der Waals surface area (Å²) in [6.07, 6.45) is 2.63. The smallest absolute Gasteiger partial charge is 0.408 e. The van der Waals surface area contributed by atoms with Gasteiger partial charge in [0.1, 0.15) is 5.60 Å². The molecule has 2 fully saturated rings. The molecule has 2 N–H and O–H groups in total. The van der Waals surface area contributed by atoms with Gasteiger partial charge in [-0.3, -0.25) is 0 Å². The maximum atomic E-state index is 12.0. The SMILES string of the molecule is CNC1(C2(NC(=O)OC(C)(C)C)CCOC2)CC1. The molecule has 1 saturated carbocycles. The molecule has 1 aliphatic heterocycles. The summed E-state index contributed by atoms with van der Waals surface area (Å²) >= 11 is 0. The monoisotopic (exact) mass is 256 g/mol. The number of nitrogens with one attached hydrogen (secondary N) is 2. The molecule has 1 amide bonds. The fraction of sp³-hybridized carbons (Fsp3) is 0.923. The molecular weight excluding hydrogens is 232 g/mol. The number of alkyl carbamates (subject to hydrolysis) is 1. The van der Waals surface area contributed by atoms with Crippen LogP contribution in [0, 0.1) is 0 Å². The van der Waals surface area contributed by atoms with Gasteiger partial charge in [-0.25, -0.2) is 4.79 Å². The van der Waals surface area contributed by atoms with Crippen molar-refractivity contribution in [2.45, 2.75) is 56.7 Å². The third-order valence-corrected chi connectivity index (χ3v) is 3.91. The van der Waals surface area contributed by atoms with Gasteiger partial charge in [-0.05, 0) is 47.1 Å². The number of amides is 1. The van der Waals surface area contributed by atoms with E-state index >= 15 is 0 Å². The molecule has 0 aromatic heterocycles. The highest BCUT2D eigenvalue weighted by Gasteiger charge is 2.61. The molecule has 0 radical (unpaired) electrons. The fourth-order valence-electron chi connectivity index (χ4n) is 2.75. The van der Waals surface area contributed by atoms with Crippen LogP contribution in [0.2, 0.25) is 0 Å². The van der Waals surface area contributed by atoms with Crippen LogP contribution >= 0.6 is 0 Å². The Kier molecular flexibility index (Phi) is 3.32. The summed E-state index contributed by atoms with van der Waals surface area (Å²) in [7, 11) is 1.95. The van der Waals surface area contributed by atoms with Crippen LogP contribution in [0.4, 0.5) is 4.79 Å². The summed E-state index contributed by atoms with van der Waals surface area (Å²) in [6.45, 7) is 6.87. The largest absolute Gasteiger partial charge is 0.444 e. The summed E-state index contributed by atoms with van der Waals surface area (Å²) < 4.78 is 10.9. The zero-order valence-corrected chi connectivity index (χ0v) is 11.8. The molecule has 1 unspecified atom stereocenters. The number of carbonyl (C=O) groups is 1. The van der Waals surface area contributed by atoms with Crippen molar-refractivity contribution in [1.82, 2.24) is 10.6 Å². The topological polar surface area (TPSA) is 59.6 Å². The second-order valence-corrected chi connectivity index (χ2v) is 6.34. The molecule has 5 nitrogen and oxygen atoms in total. The van der Waals surface area contributed by atoms with Gasteiger partial charge in [0.15, 0.2) is 0 Å². The molecule has 18 heavy (non-hydrogen) atoms. The Bertz CT molecular complexity index is 326. The van der Waals surface area contributed by atoms with Crippen LogP contribution in [-0.4, -0.2) is 43.0 Å². The second-order valence-electron chi connectivity index (χ2n) is 6.34. The van der Waals surface area contributed by atoms with Crippen LogP contribution in [-0.2, 0) is 9.47 Å². The van der Waals surface area contributed by atoms with Crippen LogP contribution in [0.5, 0.6) is 0 Å². The van der Waals surface area contributed by atoms with E-state index < -0.39 is 5.60 Å². The van der Waals surface area contributed by atoms with Gasteiger partial charge in [0.05, 0.1) is 12.1 Å². The summed E-state index contributed by atoms with van der Waals surface area (Å²) in [4.78, 5) is 12.0. The van der Waals surface area contributed by atoms with E-state index in [0.717, 1.165) is 19.3 Å². The maximum absolute atomic E-state index is 12.0. The van der Waals surface area contributed by atoms with E-state index in [0.29, 0.717) is 13.2 Å². The molecule has 1 atom stereocenters. The van der Waals surface area contributed by atoms with Crippen molar-refractivity contribution in [2.24, 2.45) is 0 Å². The number of hydrogen-bond acceptors (Lipinski definition) is 4. The number of rotatable bonds is 3. The Morgan fingerprint density at radius 1 is 1.22 bits per heavy atom. The predicted octanol–water partition coefficient (Wildman–Crippen LogP) is 1.42. The van der Waals surface area contributed by atoms with Crippen molar-refractivity contribution in [3.8, 4) is 0 Å². The lowest BCUT2D eigenvalue weighted by atomic mass is 9.86.